The van der Waals surface area contributed by atoms with Gasteiger partial charge in [-0.2, -0.15) is 0 Å². The molecule has 2 atom stereocenters. The summed E-state index contributed by atoms with van der Waals surface area (Å²) in [5, 5.41) is 0. The summed E-state index contributed by atoms with van der Waals surface area (Å²) >= 11 is 0. The van der Waals surface area contributed by atoms with Gasteiger partial charge >= 0.3 is 5.97 Å². The molecule has 0 N–H and O–H groups in total. The molecule has 0 saturated carbocycles. The topological polar surface area (TPSA) is 94.1 Å². The molecule has 2 unspecified atom stereocenters. The first kappa shape index (κ1) is 55.6. The standard InChI is InChI=1S/C50H80NO7P/c1-6-8-10-12-14-16-18-20-22-24-25-26-28-30-32-34-36-38-40-42-45-55-47-49(48-57-59(53,54)56-46-44-51(3,4)5)58-50(52)43-41-39-37-35-33-31-29-27-23-21-19-17-15-13-11-9-7-2/h8-11,14-17,20-23,25-26,29-32,35-38,49H,6-7,12-13,18-19,24,27-28,33-34,39-48H2,1-5H3/b10-8-,11-9-,16-14-,17-15-,22-20-,23-21-,26-25-,31-29-,32-30-,37-35-,38-36-. The number of phosphoric ester groups is 1. The Kier molecular flexibility index (Phi) is 39.0. The summed E-state index contributed by atoms with van der Waals surface area (Å²) in [5.41, 5.74) is 0. The van der Waals surface area contributed by atoms with Gasteiger partial charge in [-0.3, -0.25) is 9.36 Å². The van der Waals surface area contributed by atoms with Crippen molar-refractivity contribution in [3.05, 3.63) is 134 Å². The van der Waals surface area contributed by atoms with E-state index in [1.165, 1.54) is 0 Å². The van der Waals surface area contributed by atoms with Gasteiger partial charge in [-0.05, 0) is 96.3 Å². The van der Waals surface area contributed by atoms with Crippen LogP contribution in [0.25, 0.3) is 0 Å². The predicted octanol–water partition coefficient (Wildman–Crippen LogP) is 12.5. The molecule has 332 valence electrons. The molecule has 9 heteroatoms. The van der Waals surface area contributed by atoms with E-state index in [9.17, 15) is 14.3 Å². The number of allylic oxidation sites excluding steroid dienone is 22. The van der Waals surface area contributed by atoms with Crippen LogP contribution in [-0.2, 0) is 27.9 Å². The Morgan fingerprint density at radius 1 is 0.525 bits per heavy atom. The summed E-state index contributed by atoms with van der Waals surface area (Å²) in [6.45, 7) is 4.89. The number of hydrogen-bond acceptors (Lipinski definition) is 7. The van der Waals surface area contributed by atoms with Gasteiger partial charge in [0, 0.05) is 13.0 Å². The van der Waals surface area contributed by atoms with Gasteiger partial charge in [0.25, 0.3) is 7.82 Å². The van der Waals surface area contributed by atoms with Crippen LogP contribution in [0.2, 0.25) is 0 Å². The molecule has 0 aliphatic heterocycles. The molecular formula is C50H80NO7P. The first-order valence-electron chi connectivity index (χ1n) is 21.9. The lowest BCUT2D eigenvalue weighted by atomic mass is 10.2. The molecule has 0 aromatic rings. The molecule has 0 saturated heterocycles. The molecule has 0 aliphatic rings. The van der Waals surface area contributed by atoms with E-state index in [1.807, 2.05) is 21.1 Å². The third kappa shape index (κ3) is 45.6. The highest BCUT2D eigenvalue weighted by Gasteiger charge is 2.20. The smallest absolute Gasteiger partial charge is 0.306 e. The van der Waals surface area contributed by atoms with Crippen LogP contribution in [0.4, 0.5) is 0 Å². The van der Waals surface area contributed by atoms with Crippen LogP contribution in [0, 0.1) is 0 Å². The number of rotatable bonds is 38. The van der Waals surface area contributed by atoms with Crippen LogP contribution in [0.1, 0.15) is 117 Å². The quantitative estimate of drug-likeness (QED) is 0.0201. The molecule has 0 rings (SSSR count). The summed E-state index contributed by atoms with van der Waals surface area (Å²) in [5.74, 6) is -0.417. The summed E-state index contributed by atoms with van der Waals surface area (Å²) in [7, 11) is 1.25. The summed E-state index contributed by atoms with van der Waals surface area (Å²) in [4.78, 5) is 25.0. The van der Waals surface area contributed by atoms with Crippen LogP contribution < -0.4 is 4.89 Å². The minimum Gasteiger partial charge on any atom is -0.756 e. The van der Waals surface area contributed by atoms with Gasteiger partial charge in [-0.15, -0.1) is 0 Å². The van der Waals surface area contributed by atoms with E-state index in [2.05, 4.69) is 148 Å². The van der Waals surface area contributed by atoms with Crippen LogP contribution in [0.15, 0.2) is 134 Å². The number of carbonyl (C=O) groups is 1. The Hall–Kier alpha value is -3.36. The number of esters is 1. The van der Waals surface area contributed by atoms with Crippen LogP contribution in [-0.4, -0.2) is 70.7 Å². The van der Waals surface area contributed by atoms with E-state index in [-0.39, 0.29) is 26.2 Å². The average Bonchev–Trinajstić information content (AvgIpc) is 3.19. The molecule has 0 bridgehead atoms. The SMILES string of the molecule is CC/C=C\C/C=C\C/C=C\C/C=C\C/C=C\C/C=C\CCCOCC(COP(=O)([O-])OCC[N+](C)(C)C)OC(=O)CCC/C=C\C/C=C\C/C=C\C/C=C\C/C=C\CC. The second kappa shape index (κ2) is 41.4. The zero-order valence-corrected chi connectivity index (χ0v) is 38.3. The van der Waals surface area contributed by atoms with E-state index in [1.54, 1.807) is 0 Å². The van der Waals surface area contributed by atoms with Crippen LogP contribution in [0.3, 0.4) is 0 Å². The second-order valence-corrected chi connectivity index (χ2v) is 16.3. The molecule has 59 heavy (non-hydrogen) atoms. The van der Waals surface area contributed by atoms with Crippen molar-refractivity contribution < 1.29 is 37.3 Å². The fourth-order valence-electron chi connectivity index (χ4n) is 4.89. The van der Waals surface area contributed by atoms with Gasteiger partial charge in [0.1, 0.15) is 19.3 Å². The largest absolute Gasteiger partial charge is 0.756 e. The molecule has 0 amide bonds. The van der Waals surface area contributed by atoms with Gasteiger partial charge in [-0.25, -0.2) is 0 Å². The highest BCUT2D eigenvalue weighted by molar-refractivity contribution is 7.45. The van der Waals surface area contributed by atoms with E-state index in [4.69, 9.17) is 18.5 Å². The number of hydrogen-bond donors (Lipinski definition) is 0. The third-order valence-corrected chi connectivity index (χ3v) is 9.16. The van der Waals surface area contributed by atoms with E-state index >= 15 is 0 Å². The normalized spacial score (nSPS) is 15.0. The lowest BCUT2D eigenvalue weighted by Gasteiger charge is -2.28. The Morgan fingerprint density at radius 2 is 0.898 bits per heavy atom. The minimum absolute atomic E-state index is 0.00434. The van der Waals surface area contributed by atoms with Crippen molar-refractivity contribution in [3.63, 3.8) is 0 Å². The van der Waals surface area contributed by atoms with Crippen molar-refractivity contribution in [2.24, 2.45) is 0 Å². The number of quaternary nitrogens is 1. The number of nitrogens with zero attached hydrogens (tertiary/aromatic N) is 1. The number of ether oxygens (including phenoxy) is 2. The fourth-order valence-corrected chi connectivity index (χ4v) is 5.62. The lowest BCUT2D eigenvalue weighted by Crippen LogP contribution is -2.37. The first-order chi connectivity index (χ1) is 28.6. The Morgan fingerprint density at radius 3 is 1.29 bits per heavy atom. The highest BCUT2D eigenvalue weighted by atomic mass is 31.2. The maximum absolute atomic E-state index is 12.7. The fraction of sp³-hybridized carbons (Fsp3) is 0.540. The van der Waals surface area contributed by atoms with Crippen molar-refractivity contribution in [2.45, 2.75) is 123 Å². The molecule has 0 aromatic carbocycles. The summed E-state index contributed by atoms with van der Waals surface area (Å²) in [6.07, 6.45) is 60.6. The molecule has 0 aliphatic carbocycles. The molecule has 0 spiro atoms. The van der Waals surface area contributed by atoms with Gasteiger partial charge in [-0.1, -0.05) is 148 Å². The molecule has 0 fully saturated rings. The molecular weight excluding hydrogens is 758 g/mol. The zero-order chi connectivity index (χ0) is 43.4. The van der Waals surface area contributed by atoms with E-state index < -0.39 is 19.9 Å². The monoisotopic (exact) mass is 838 g/mol. The van der Waals surface area contributed by atoms with Gasteiger partial charge < -0.3 is 27.9 Å². The van der Waals surface area contributed by atoms with Crippen molar-refractivity contribution in [2.75, 3.05) is 54.1 Å². The summed E-state index contributed by atoms with van der Waals surface area (Å²) < 4.78 is 34.4. The Labute approximate surface area is 360 Å². The van der Waals surface area contributed by atoms with Crippen molar-refractivity contribution in [3.8, 4) is 0 Å². The van der Waals surface area contributed by atoms with Gasteiger partial charge in [0.15, 0.2) is 0 Å². The lowest BCUT2D eigenvalue weighted by molar-refractivity contribution is -0.870. The number of unbranched alkanes of at least 4 members (excludes halogenated alkanes) is 2. The van der Waals surface area contributed by atoms with E-state index in [0.717, 1.165) is 89.9 Å². The zero-order valence-electron chi connectivity index (χ0n) is 37.4. The predicted molar refractivity (Wildman–Crippen MR) is 249 cm³/mol. The third-order valence-electron chi connectivity index (χ3n) is 8.20. The summed E-state index contributed by atoms with van der Waals surface area (Å²) in [6, 6.07) is 0. The number of carbonyl (C=O) groups excluding carboxylic acids is 1. The van der Waals surface area contributed by atoms with E-state index in [0.29, 0.717) is 24.1 Å². The first-order valence-corrected chi connectivity index (χ1v) is 23.4. The second-order valence-electron chi connectivity index (χ2n) is 14.9. The maximum Gasteiger partial charge on any atom is 0.306 e. The Balaban J connectivity index is 4.49. The molecule has 8 nitrogen and oxygen atoms in total. The average molecular weight is 838 g/mol. The van der Waals surface area contributed by atoms with Crippen molar-refractivity contribution in [1.29, 1.82) is 0 Å². The van der Waals surface area contributed by atoms with Crippen molar-refractivity contribution in [1.82, 2.24) is 0 Å². The highest BCUT2D eigenvalue weighted by Crippen LogP contribution is 2.38. The molecule has 0 radical (unpaired) electrons. The number of phosphoric acid groups is 1. The van der Waals surface area contributed by atoms with Crippen molar-refractivity contribution >= 4 is 13.8 Å². The maximum atomic E-state index is 12.7. The Bertz CT molecular complexity index is 1390. The van der Waals surface area contributed by atoms with Crippen LogP contribution >= 0.6 is 7.82 Å². The molecule has 0 aromatic heterocycles. The van der Waals surface area contributed by atoms with Crippen LogP contribution in [0.5, 0.6) is 0 Å². The molecule has 0 heterocycles. The van der Waals surface area contributed by atoms with Gasteiger partial charge in [0.2, 0.25) is 0 Å². The van der Waals surface area contributed by atoms with Gasteiger partial charge in [0.05, 0.1) is 34.4 Å². The number of likely N-dealkylation sites (N-methyl/N-ethyl adjacent to an activating group) is 1. The minimum atomic E-state index is -4.57.